The summed E-state index contributed by atoms with van der Waals surface area (Å²) in [6.45, 7) is 5.64. The van der Waals surface area contributed by atoms with Crippen LogP contribution in [0.3, 0.4) is 0 Å². The fraction of sp³-hybridized carbons (Fsp3) is 0.263. The summed E-state index contributed by atoms with van der Waals surface area (Å²) in [7, 11) is 0. The van der Waals surface area contributed by atoms with Crippen LogP contribution in [0.2, 0.25) is 0 Å². The molecule has 24 heavy (non-hydrogen) atoms. The third kappa shape index (κ3) is 2.85. The summed E-state index contributed by atoms with van der Waals surface area (Å²) < 4.78 is 6.59. The monoisotopic (exact) mass is 324 g/mol. The Morgan fingerprint density at radius 1 is 1.08 bits per heavy atom. The third-order valence-electron chi connectivity index (χ3n) is 4.30. The van der Waals surface area contributed by atoms with Crippen molar-refractivity contribution in [3.63, 3.8) is 0 Å². The lowest BCUT2D eigenvalue weighted by molar-refractivity contribution is -0.124. The topological polar surface area (TPSA) is 64.2 Å². The zero-order valence-corrected chi connectivity index (χ0v) is 13.9. The van der Waals surface area contributed by atoms with E-state index < -0.39 is 11.8 Å². The predicted molar refractivity (Wildman–Crippen MR) is 92.9 cm³/mol. The fourth-order valence-electron chi connectivity index (χ4n) is 2.95. The molecule has 0 fully saturated rings. The second-order valence-electron chi connectivity index (χ2n) is 5.97. The summed E-state index contributed by atoms with van der Waals surface area (Å²) in [5.74, 6) is -0.748. The number of aromatic nitrogens is 1. The first-order valence-corrected chi connectivity index (χ1v) is 7.95. The van der Waals surface area contributed by atoms with Gasteiger partial charge in [0.25, 0.3) is 0 Å². The molecule has 0 bridgehead atoms. The van der Waals surface area contributed by atoms with E-state index in [1.165, 1.54) is 4.57 Å². The highest BCUT2D eigenvalue weighted by atomic mass is 16.4. The van der Waals surface area contributed by atoms with Crippen molar-refractivity contribution < 1.29 is 9.21 Å². The first kappa shape index (κ1) is 16.1. The minimum Gasteiger partial charge on any atom is -0.408 e. The lowest BCUT2D eigenvalue weighted by atomic mass is 10.0. The molecule has 5 nitrogen and oxygen atoms in total. The van der Waals surface area contributed by atoms with Crippen molar-refractivity contribution in [2.24, 2.45) is 0 Å². The van der Waals surface area contributed by atoms with Crippen molar-refractivity contribution in [2.75, 3.05) is 0 Å². The van der Waals surface area contributed by atoms with Crippen LogP contribution in [0.15, 0.2) is 57.7 Å². The molecule has 0 radical (unpaired) electrons. The molecule has 124 valence electrons. The molecule has 0 aliphatic heterocycles. The number of nitrogens with one attached hydrogen (secondary N) is 1. The minimum atomic E-state index is -0.660. The van der Waals surface area contributed by atoms with Gasteiger partial charge < -0.3 is 9.73 Å². The Kier molecular flexibility index (Phi) is 4.25. The first-order chi connectivity index (χ1) is 11.5. The number of benzene rings is 2. The molecule has 1 heterocycles. The summed E-state index contributed by atoms with van der Waals surface area (Å²) >= 11 is 0. The Morgan fingerprint density at radius 3 is 2.50 bits per heavy atom. The normalized spacial score (nSPS) is 13.6. The number of para-hydroxylation sites is 2. The zero-order chi connectivity index (χ0) is 17.3. The molecule has 1 N–H and O–H groups in total. The van der Waals surface area contributed by atoms with Crippen molar-refractivity contribution >= 4 is 17.0 Å². The Bertz CT molecular complexity index is 939. The van der Waals surface area contributed by atoms with E-state index in [0.717, 1.165) is 11.1 Å². The molecule has 5 heteroatoms. The molecular formula is C19H20N2O3. The van der Waals surface area contributed by atoms with Gasteiger partial charge in [-0.3, -0.25) is 9.36 Å². The van der Waals surface area contributed by atoms with E-state index in [9.17, 15) is 9.59 Å². The highest BCUT2D eigenvalue weighted by Crippen LogP contribution is 2.20. The standard InChI is InChI=1S/C19H20N2O3/c1-12-8-4-5-9-15(12)13(2)20-18(22)14(3)21-16-10-6-7-11-17(16)24-19(21)23/h4-11,13-14H,1-3H3,(H,20,22). The second-order valence-corrected chi connectivity index (χ2v) is 5.97. The van der Waals surface area contributed by atoms with Crippen molar-refractivity contribution in [1.29, 1.82) is 0 Å². The molecule has 1 amide bonds. The van der Waals surface area contributed by atoms with E-state index in [1.54, 1.807) is 25.1 Å². The Balaban J connectivity index is 1.86. The van der Waals surface area contributed by atoms with Crippen LogP contribution in [0.4, 0.5) is 0 Å². The van der Waals surface area contributed by atoms with Crippen LogP contribution in [-0.4, -0.2) is 10.5 Å². The first-order valence-electron chi connectivity index (χ1n) is 7.95. The average molecular weight is 324 g/mol. The number of hydrogen-bond acceptors (Lipinski definition) is 3. The molecule has 0 aliphatic carbocycles. The summed E-state index contributed by atoms with van der Waals surface area (Å²) in [6, 6.07) is 14.2. The molecule has 0 saturated heterocycles. The van der Waals surface area contributed by atoms with Crippen LogP contribution >= 0.6 is 0 Å². The third-order valence-corrected chi connectivity index (χ3v) is 4.30. The lowest BCUT2D eigenvalue weighted by Gasteiger charge is -2.19. The highest BCUT2D eigenvalue weighted by Gasteiger charge is 2.23. The van der Waals surface area contributed by atoms with Gasteiger partial charge in [-0.05, 0) is 44.0 Å². The van der Waals surface area contributed by atoms with E-state index in [-0.39, 0.29) is 11.9 Å². The summed E-state index contributed by atoms with van der Waals surface area (Å²) in [4.78, 5) is 24.7. The molecule has 3 rings (SSSR count). The van der Waals surface area contributed by atoms with E-state index in [0.29, 0.717) is 11.1 Å². The van der Waals surface area contributed by atoms with Crippen molar-refractivity contribution in [3.8, 4) is 0 Å². The van der Waals surface area contributed by atoms with E-state index in [2.05, 4.69) is 5.32 Å². The van der Waals surface area contributed by atoms with Crippen LogP contribution in [0.5, 0.6) is 0 Å². The molecule has 0 aliphatic rings. The van der Waals surface area contributed by atoms with Crippen molar-refractivity contribution in [3.05, 3.63) is 70.2 Å². The quantitative estimate of drug-likeness (QED) is 0.800. The largest absolute Gasteiger partial charge is 0.420 e. The number of aryl methyl sites for hydroxylation is 1. The average Bonchev–Trinajstić information content (AvgIpc) is 2.90. The van der Waals surface area contributed by atoms with Gasteiger partial charge >= 0.3 is 5.76 Å². The maximum absolute atomic E-state index is 12.6. The molecule has 2 atom stereocenters. The van der Waals surface area contributed by atoms with Crippen LogP contribution in [-0.2, 0) is 4.79 Å². The van der Waals surface area contributed by atoms with Gasteiger partial charge in [0, 0.05) is 0 Å². The predicted octanol–water partition coefficient (Wildman–Crippen LogP) is 3.34. The zero-order valence-electron chi connectivity index (χ0n) is 13.9. The van der Waals surface area contributed by atoms with Crippen LogP contribution in [0.1, 0.15) is 37.1 Å². The van der Waals surface area contributed by atoms with Crippen LogP contribution in [0, 0.1) is 6.92 Å². The maximum atomic E-state index is 12.6. The second kappa shape index (κ2) is 6.35. The van der Waals surface area contributed by atoms with Gasteiger partial charge in [-0.1, -0.05) is 36.4 Å². The molecular weight excluding hydrogens is 304 g/mol. The SMILES string of the molecule is Cc1ccccc1C(C)NC(=O)C(C)n1c(=O)oc2ccccc21. The molecule has 3 aromatic rings. The summed E-state index contributed by atoms with van der Waals surface area (Å²) in [5, 5.41) is 2.98. The van der Waals surface area contributed by atoms with E-state index in [4.69, 9.17) is 4.42 Å². The number of hydrogen-bond donors (Lipinski definition) is 1. The molecule has 2 unspecified atom stereocenters. The summed E-state index contributed by atoms with van der Waals surface area (Å²) in [6.07, 6.45) is 0. The molecule has 1 aromatic heterocycles. The van der Waals surface area contributed by atoms with Gasteiger partial charge in [-0.2, -0.15) is 0 Å². The summed E-state index contributed by atoms with van der Waals surface area (Å²) in [5.41, 5.74) is 3.27. The molecule has 0 spiro atoms. The van der Waals surface area contributed by atoms with Gasteiger partial charge in [-0.25, -0.2) is 4.79 Å². The highest BCUT2D eigenvalue weighted by molar-refractivity contribution is 5.83. The van der Waals surface area contributed by atoms with Crippen molar-refractivity contribution in [2.45, 2.75) is 32.9 Å². The van der Waals surface area contributed by atoms with Crippen LogP contribution in [0.25, 0.3) is 11.1 Å². The fourth-order valence-corrected chi connectivity index (χ4v) is 2.95. The van der Waals surface area contributed by atoms with E-state index >= 15 is 0 Å². The van der Waals surface area contributed by atoms with Gasteiger partial charge in [0.15, 0.2) is 5.58 Å². The van der Waals surface area contributed by atoms with Crippen molar-refractivity contribution in [1.82, 2.24) is 9.88 Å². The Labute approximate surface area is 139 Å². The van der Waals surface area contributed by atoms with Gasteiger partial charge in [0.2, 0.25) is 5.91 Å². The molecule has 0 saturated carbocycles. The number of carbonyl (C=O) groups is 1. The maximum Gasteiger partial charge on any atom is 0.420 e. The molecule has 2 aromatic carbocycles. The lowest BCUT2D eigenvalue weighted by Crippen LogP contribution is -2.36. The minimum absolute atomic E-state index is 0.144. The number of fused-ring (bicyclic) bond motifs is 1. The number of rotatable bonds is 4. The number of carbonyl (C=O) groups excluding carboxylic acids is 1. The van der Waals surface area contributed by atoms with Gasteiger partial charge in [0.05, 0.1) is 11.6 Å². The van der Waals surface area contributed by atoms with Gasteiger partial charge in [-0.15, -0.1) is 0 Å². The van der Waals surface area contributed by atoms with E-state index in [1.807, 2.05) is 44.2 Å². The van der Waals surface area contributed by atoms with Gasteiger partial charge in [0.1, 0.15) is 6.04 Å². The number of amides is 1. The smallest absolute Gasteiger partial charge is 0.408 e. The number of oxazole rings is 1. The Hall–Kier alpha value is -2.82. The van der Waals surface area contributed by atoms with Crippen LogP contribution < -0.4 is 11.1 Å². The number of nitrogens with zero attached hydrogens (tertiary/aromatic N) is 1. The Morgan fingerprint density at radius 2 is 1.75 bits per heavy atom.